The first-order valence-corrected chi connectivity index (χ1v) is 11.3. The molecule has 0 bridgehead atoms. The van der Waals surface area contributed by atoms with E-state index in [-0.39, 0.29) is 10.6 Å². The molecule has 0 N–H and O–H groups in total. The van der Waals surface area contributed by atoms with Crippen LogP contribution in [0, 0.1) is 24.0 Å². The molecule has 2 aromatic rings. The summed E-state index contributed by atoms with van der Waals surface area (Å²) in [5.74, 6) is 0. The Balaban J connectivity index is 1.90. The van der Waals surface area contributed by atoms with Gasteiger partial charge in [0.15, 0.2) is 0 Å². The molecule has 162 valence electrons. The number of nitro benzene ring substituents is 1. The summed E-state index contributed by atoms with van der Waals surface area (Å²) in [6.45, 7) is 6.54. The Morgan fingerprint density at radius 3 is 2.33 bits per heavy atom. The maximum absolute atomic E-state index is 13.0. The van der Waals surface area contributed by atoms with Crippen LogP contribution in [0.3, 0.4) is 0 Å². The van der Waals surface area contributed by atoms with Gasteiger partial charge in [-0.1, -0.05) is 23.8 Å². The summed E-state index contributed by atoms with van der Waals surface area (Å²) in [5, 5.41) is 11.8. The van der Waals surface area contributed by atoms with Gasteiger partial charge in [0.1, 0.15) is 5.69 Å². The second-order valence-electron chi connectivity index (χ2n) is 7.90. The van der Waals surface area contributed by atoms with Crippen LogP contribution in [-0.2, 0) is 16.6 Å². The van der Waals surface area contributed by atoms with Gasteiger partial charge in [0.2, 0.25) is 10.0 Å². The van der Waals surface area contributed by atoms with E-state index >= 15 is 0 Å². The number of rotatable bonds is 6. The van der Waals surface area contributed by atoms with E-state index in [9.17, 15) is 18.5 Å². The number of aryl methyl sites for hydroxylation is 2. The van der Waals surface area contributed by atoms with Crippen LogP contribution >= 0.6 is 0 Å². The lowest BCUT2D eigenvalue weighted by molar-refractivity contribution is -0.384. The third kappa shape index (κ3) is 4.63. The van der Waals surface area contributed by atoms with E-state index in [1.807, 2.05) is 33.0 Å². The zero-order valence-electron chi connectivity index (χ0n) is 17.8. The molecule has 1 aliphatic heterocycles. The summed E-state index contributed by atoms with van der Waals surface area (Å²) in [6.07, 6.45) is 0. The van der Waals surface area contributed by atoms with Crippen LogP contribution < -0.4 is 4.90 Å². The maximum atomic E-state index is 13.0. The van der Waals surface area contributed by atoms with Gasteiger partial charge in [0.05, 0.1) is 9.82 Å². The first-order chi connectivity index (χ1) is 14.1. The molecule has 9 heteroatoms. The van der Waals surface area contributed by atoms with Crippen LogP contribution in [0.15, 0.2) is 41.3 Å². The van der Waals surface area contributed by atoms with E-state index in [4.69, 9.17) is 0 Å². The van der Waals surface area contributed by atoms with Gasteiger partial charge >= 0.3 is 0 Å². The molecule has 0 unspecified atom stereocenters. The van der Waals surface area contributed by atoms with Crippen LogP contribution in [0.5, 0.6) is 0 Å². The van der Waals surface area contributed by atoms with E-state index in [0.717, 1.165) is 16.7 Å². The first kappa shape index (κ1) is 22.2. The summed E-state index contributed by atoms with van der Waals surface area (Å²) < 4.78 is 27.4. The molecule has 0 spiro atoms. The second-order valence-corrected chi connectivity index (χ2v) is 9.84. The Morgan fingerprint density at radius 2 is 1.73 bits per heavy atom. The van der Waals surface area contributed by atoms with Crippen molar-refractivity contribution in [1.29, 1.82) is 0 Å². The molecule has 1 aliphatic rings. The number of likely N-dealkylation sites (N-methyl/N-ethyl adjacent to an activating group) is 1. The zero-order chi connectivity index (χ0) is 22.1. The van der Waals surface area contributed by atoms with Crippen LogP contribution in [0.25, 0.3) is 0 Å². The Kier molecular flexibility index (Phi) is 6.44. The highest BCUT2D eigenvalue weighted by Gasteiger charge is 2.30. The molecule has 30 heavy (non-hydrogen) atoms. The summed E-state index contributed by atoms with van der Waals surface area (Å²) in [5.41, 5.74) is 3.50. The second kappa shape index (κ2) is 8.71. The zero-order valence-corrected chi connectivity index (χ0v) is 18.6. The predicted octanol–water partition coefficient (Wildman–Crippen LogP) is 2.78. The average molecular weight is 433 g/mol. The molecule has 8 nitrogen and oxygen atoms in total. The van der Waals surface area contributed by atoms with Gasteiger partial charge in [-0.3, -0.25) is 10.1 Å². The molecule has 0 radical (unpaired) electrons. The number of nitro groups is 1. The number of sulfonamides is 1. The fraction of sp³-hybridized carbons (Fsp3) is 0.429. The quantitative estimate of drug-likeness (QED) is 0.515. The number of hydrogen-bond donors (Lipinski definition) is 0. The van der Waals surface area contributed by atoms with Crippen molar-refractivity contribution in [3.63, 3.8) is 0 Å². The molecule has 0 aromatic heterocycles. The summed E-state index contributed by atoms with van der Waals surface area (Å²) in [7, 11) is -0.0568. The average Bonchev–Trinajstić information content (AvgIpc) is 2.69. The summed E-state index contributed by atoms with van der Waals surface area (Å²) >= 11 is 0. The van der Waals surface area contributed by atoms with Gasteiger partial charge in [-0.25, -0.2) is 8.42 Å². The molecular weight excluding hydrogens is 404 g/mol. The lowest BCUT2D eigenvalue weighted by Crippen LogP contribution is -2.47. The van der Waals surface area contributed by atoms with Gasteiger partial charge in [0, 0.05) is 45.8 Å². The minimum absolute atomic E-state index is 0.0394. The van der Waals surface area contributed by atoms with Crippen molar-refractivity contribution in [1.82, 2.24) is 9.21 Å². The fourth-order valence-electron chi connectivity index (χ4n) is 3.67. The summed E-state index contributed by atoms with van der Waals surface area (Å²) in [4.78, 5) is 15.0. The van der Waals surface area contributed by atoms with Crippen molar-refractivity contribution in [2.24, 2.45) is 0 Å². The topological polar surface area (TPSA) is 87.0 Å². The van der Waals surface area contributed by atoms with Crippen LogP contribution in [0.4, 0.5) is 11.4 Å². The lowest BCUT2D eigenvalue weighted by Gasteiger charge is -2.31. The molecule has 0 atom stereocenters. The third-order valence-corrected chi connectivity index (χ3v) is 7.46. The molecule has 0 amide bonds. The highest BCUT2D eigenvalue weighted by Crippen LogP contribution is 2.32. The van der Waals surface area contributed by atoms with E-state index < -0.39 is 14.9 Å². The SMILES string of the molecule is Cc1ccc(CN(C)c2ccc(S(=O)(=O)N3CCN(C)CC3)cc2[N+](=O)[O-])c(C)c1. The monoisotopic (exact) mass is 432 g/mol. The molecule has 1 fully saturated rings. The van der Waals surface area contributed by atoms with E-state index in [0.29, 0.717) is 38.4 Å². The van der Waals surface area contributed by atoms with Gasteiger partial charge in [0.25, 0.3) is 5.69 Å². The molecular formula is C21H28N4O4S. The number of hydrogen-bond acceptors (Lipinski definition) is 6. The van der Waals surface area contributed by atoms with Crippen molar-refractivity contribution < 1.29 is 13.3 Å². The third-order valence-electron chi connectivity index (χ3n) is 5.56. The Hall–Kier alpha value is -2.49. The molecule has 2 aromatic carbocycles. The smallest absolute Gasteiger partial charge is 0.293 e. The first-order valence-electron chi connectivity index (χ1n) is 9.84. The summed E-state index contributed by atoms with van der Waals surface area (Å²) in [6, 6.07) is 10.3. The van der Waals surface area contributed by atoms with E-state index in [2.05, 4.69) is 11.0 Å². The fourth-order valence-corrected chi connectivity index (χ4v) is 5.12. The normalized spacial score (nSPS) is 15.9. The van der Waals surface area contributed by atoms with Crippen molar-refractivity contribution in [3.8, 4) is 0 Å². The standard InChI is InChI=1S/C21H28N4O4S/c1-16-5-6-18(17(2)13-16)15-23(4)20-8-7-19(14-21(20)25(26)27)30(28,29)24-11-9-22(3)10-12-24/h5-8,13-14H,9-12,15H2,1-4H3. The Bertz CT molecular complexity index is 1050. The van der Waals surface area contributed by atoms with Gasteiger partial charge < -0.3 is 9.80 Å². The highest BCUT2D eigenvalue weighted by molar-refractivity contribution is 7.89. The van der Waals surface area contributed by atoms with Crippen molar-refractivity contribution in [2.45, 2.75) is 25.3 Å². The van der Waals surface area contributed by atoms with E-state index in [1.165, 1.54) is 22.5 Å². The van der Waals surface area contributed by atoms with Crippen LogP contribution in [0.1, 0.15) is 16.7 Å². The molecule has 1 saturated heterocycles. The minimum Gasteiger partial charge on any atom is -0.365 e. The Morgan fingerprint density at radius 1 is 1.07 bits per heavy atom. The molecule has 0 saturated carbocycles. The Labute approximate surface area is 177 Å². The predicted molar refractivity (Wildman–Crippen MR) is 117 cm³/mol. The number of benzene rings is 2. The lowest BCUT2D eigenvalue weighted by atomic mass is 10.1. The number of anilines is 1. The largest absolute Gasteiger partial charge is 0.365 e. The van der Waals surface area contributed by atoms with Crippen molar-refractivity contribution in [3.05, 3.63) is 63.2 Å². The highest BCUT2D eigenvalue weighted by atomic mass is 32.2. The molecule has 1 heterocycles. The van der Waals surface area contributed by atoms with Gasteiger partial charge in [-0.15, -0.1) is 0 Å². The van der Waals surface area contributed by atoms with Crippen molar-refractivity contribution in [2.75, 3.05) is 45.2 Å². The number of nitrogens with zero attached hydrogens (tertiary/aromatic N) is 4. The molecule has 0 aliphatic carbocycles. The van der Waals surface area contributed by atoms with Gasteiger partial charge in [-0.05, 0) is 44.2 Å². The van der Waals surface area contributed by atoms with Crippen LogP contribution in [0.2, 0.25) is 0 Å². The minimum atomic E-state index is -3.77. The van der Waals surface area contributed by atoms with Crippen molar-refractivity contribution >= 4 is 21.4 Å². The van der Waals surface area contributed by atoms with E-state index in [1.54, 1.807) is 11.9 Å². The maximum Gasteiger partial charge on any atom is 0.293 e. The molecule has 3 rings (SSSR count). The van der Waals surface area contributed by atoms with Crippen LogP contribution in [-0.4, -0.2) is 62.8 Å². The number of piperazine rings is 1. The van der Waals surface area contributed by atoms with Gasteiger partial charge in [-0.2, -0.15) is 4.31 Å².